The van der Waals surface area contributed by atoms with Crippen LogP contribution in [0.15, 0.2) is 121 Å². The molecule has 1 aliphatic rings. The van der Waals surface area contributed by atoms with Gasteiger partial charge < -0.3 is 5.32 Å². The van der Waals surface area contributed by atoms with E-state index in [-0.39, 0.29) is 5.91 Å². The van der Waals surface area contributed by atoms with Crippen molar-refractivity contribution in [3.63, 3.8) is 0 Å². The van der Waals surface area contributed by atoms with Crippen LogP contribution in [0.3, 0.4) is 0 Å². The highest BCUT2D eigenvalue weighted by Crippen LogP contribution is 2.58. The summed E-state index contributed by atoms with van der Waals surface area (Å²) in [6.45, 7) is 0. The summed E-state index contributed by atoms with van der Waals surface area (Å²) in [4.78, 5) is 14.5. The molecule has 4 aromatic rings. The van der Waals surface area contributed by atoms with Gasteiger partial charge in [0.1, 0.15) is 0 Å². The van der Waals surface area contributed by atoms with Crippen molar-refractivity contribution in [1.82, 2.24) is 0 Å². The van der Waals surface area contributed by atoms with E-state index >= 15 is 0 Å². The zero-order chi connectivity index (χ0) is 22.0. The zero-order valence-electron chi connectivity index (χ0n) is 17.2. The van der Waals surface area contributed by atoms with E-state index in [1.54, 1.807) is 4.90 Å². The van der Waals surface area contributed by atoms with Crippen LogP contribution in [-0.2, 0) is 31.1 Å². The summed E-state index contributed by atoms with van der Waals surface area (Å²) in [5, 5.41) is 3.49. The molecule has 0 aromatic heterocycles. The van der Waals surface area contributed by atoms with Gasteiger partial charge in [-0.25, -0.2) is 4.90 Å². The SMILES string of the molecule is O=[S+][C@]1(c2ccccc2)N(c2ccccc2)C(=O)[C@@]1(Nc1ccccc1)c1ccccc1. The molecule has 1 heterocycles. The number of hydrogen-bond acceptors (Lipinski definition) is 3. The number of nitrogens with one attached hydrogen (secondary N) is 1. The molecule has 1 saturated heterocycles. The summed E-state index contributed by atoms with van der Waals surface area (Å²) < 4.78 is 13.2. The molecule has 156 valence electrons. The van der Waals surface area contributed by atoms with Crippen molar-refractivity contribution in [1.29, 1.82) is 0 Å². The second kappa shape index (κ2) is 8.02. The van der Waals surface area contributed by atoms with E-state index in [1.165, 1.54) is 0 Å². The zero-order valence-corrected chi connectivity index (χ0v) is 18.0. The quantitative estimate of drug-likeness (QED) is 0.328. The lowest BCUT2D eigenvalue weighted by Gasteiger charge is -2.55. The van der Waals surface area contributed by atoms with Crippen molar-refractivity contribution in [3.05, 3.63) is 132 Å². The average Bonchev–Trinajstić information content (AvgIpc) is 2.87. The summed E-state index contributed by atoms with van der Waals surface area (Å²) in [5.74, 6) is -0.175. The number of hydrogen-bond donors (Lipinski definition) is 1. The maximum atomic E-state index is 14.1. The number of anilines is 2. The average molecular weight is 438 g/mol. The second-order valence-electron chi connectivity index (χ2n) is 7.68. The summed E-state index contributed by atoms with van der Waals surface area (Å²) in [6, 6.07) is 38.0. The van der Waals surface area contributed by atoms with Gasteiger partial charge in [0, 0.05) is 15.5 Å². The fraction of sp³-hybridized carbons (Fsp3) is 0.0741. The first-order valence-electron chi connectivity index (χ1n) is 10.4. The number of carbonyl (C=O) groups is 1. The van der Waals surface area contributed by atoms with Crippen LogP contribution in [0.5, 0.6) is 0 Å². The molecule has 0 saturated carbocycles. The van der Waals surface area contributed by atoms with E-state index in [2.05, 4.69) is 5.32 Å². The molecule has 32 heavy (non-hydrogen) atoms. The summed E-state index contributed by atoms with van der Waals surface area (Å²) in [7, 11) is 0. The van der Waals surface area contributed by atoms with Gasteiger partial charge in [-0.05, 0) is 29.8 Å². The highest BCUT2D eigenvalue weighted by atomic mass is 32.1. The molecule has 4 aromatic carbocycles. The fourth-order valence-corrected chi connectivity index (χ4v) is 5.44. The Morgan fingerprint density at radius 1 is 0.625 bits per heavy atom. The number of para-hydroxylation sites is 2. The van der Waals surface area contributed by atoms with Crippen molar-refractivity contribution < 1.29 is 9.00 Å². The van der Waals surface area contributed by atoms with Gasteiger partial charge in [-0.2, -0.15) is 0 Å². The van der Waals surface area contributed by atoms with Gasteiger partial charge in [0.25, 0.3) is 5.91 Å². The normalized spacial score (nSPS) is 22.1. The number of rotatable bonds is 6. The van der Waals surface area contributed by atoms with Crippen LogP contribution in [0.2, 0.25) is 0 Å². The number of β-lactam (4-membered cyclic amide) rings is 1. The monoisotopic (exact) mass is 437 g/mol. The minimum absolute atomic E-state index is 0.175. The van der Waals surface area contributed by atoms with Gasteiger partial charge >= 0.3 is 16.5 Å². The highest BCUT2D eigenvalue weighted by molar-refractivity contribution is 7.67. The third kappa shape index (κ3) is 2.78. The van der Waals surface area contributed by atoms with Crippen LogP contribution < -0.4 is 10.2 Å². The molecule has 0 bridgehead atoms. The molecule has 1 N–H and O–H groups in total. The van der Waals surface area contributed by atoms with Crippen LogP contribution in [0.25, 0.3) is 0 Å². The molecule has 5 rings (SSSR count). The van der Waals surface area contributed by atoms with E-state index in [4.69, 9.17) is 0 Å². The van der Waals surface area contributed by atoms with E-state index in [1.807, 2.05) is 121 Å². The predicted octanol–water partition coefficient (Wildman–Crippen LogP) is 5.32. The number of nitrogens with zero attached hydrogens (tertiary/aromatic N) is 1. The van der Waals surface area contributed by atoms with Crippen LogP contribution in [0, 0.1) is 0 Å². The lowest BCUT2D eigenvalue weighted by Crippen LogP contribution is -2.81. The molecular formula is C27H21N2O2S+. The van der Waals surface area contributed by atoms with Crippen LogP contribution in [0.1, 0.15) is 11.1 Å². The van der Waals surface area contributed by atoms with E-state index < -0.39 is 10.4 Å². The van der Waals surface area contributed by atoms with Gasteiger partial charge in [0.15, 0.2) is 0 Å². The topological polar surface area (TPSA) is 49.4 Å². The predicted molar refractivity (Wildman–Crippen MR) is 128 cm³/mol. The molecule has 0 radical (unpaired) electrons. The van der Waals surface area contributed by atoms with Gasteiger partial charge in [-0.1, -0.05) is 97.1 Å². The minimum atomic E-state index is -1.29. The van der Waals surface area contributed by atoms with Crippen molar-refractivity contribution in [3.8, 4) is 0 Å². The second-order valence-corrected chi connectivity index (χ2v) is 8.43. The maximum Gasteiger partial charge on any atom is 0.499 e. The Hall–Kier alpha value is -3.83. The lowest BCUT2D eigenvalue weighted by molar-refractivity contribution is -0.133. The van der Waals surface area contributed by atoms with Crippen molar-refractivity contribution >= 4 is 28.9 Å². The highest BCUT2D eigenvalue weighted by Gasteiger charge is 2.84. The van der Waals surface area contributed by atoms with Crippen molar-refractivity contribution in [2.45, 2.75) is 10.4 Å². The first-order valence-corrected chi connectivity index (χ1v) is 11.1. The lowest BCUT2D eigenvalue weighted by atomic mass is 9.69. The molecule has 2 atom stereocenters. The van der Waals surface area contributed by atoms with E-state index in [0.717, 1.165) is 16.8 Å². The molecule has 1 aliphatic heterocycles. The van der Waals surface area contributed by atoms with Crippen LogP contribution >= 0.6 is 0 Å². The first-order chi connectivity index (χ1) is 15.7. The third-order valence-corrected chi connectivity index (χ3v) is 6.93. The standard InChI is InChI=1S/C27H21N2O2S/c30-25-26(21-13-5-1-6-14-21,28-23-17-9-3-10-18-23)27(32-31,22-15-7-2-8-16-22)29(25)24-19-11-4-12-20-24/h1-20,28H/q+1/t26-,27-/m0/s1. The summed E-state index contributed by atoms with van der Waals surface area (Å²) in [5.41, 5.74) is 1.67. The molecule has 0 spiro atoms. The van der Waals surface area contributed by atoms with Crippen molar-refractivity contribution in [2.75, 3.05) is 10.2 Å². The smallest absolute Gasteiger partial charge is 0.361 e. The largest absolute Gasteiger partial charge is 0.499 e. The molecule has 0 unspecified atom stereocenters. The van der Waals surface area contributed by atoms with Gasteiger partial charge in [-0.15, -0.1) is 0 Å². The Balaban J connectivity index is 1.81. The van der Waals surface area contributed by atoms with Gasteiger partial charge in [0.05, 0.1) is 5.69 Å². The molecule has 1 amide bonds. The summed E-state index contributed by atoms with van der Waals surface area (Å²) >= 11 is 0.432. The molecular weight excluding hydrogens is 416 g/mol. The number of carbonyl (C=O) groups excluding carboxylic acids is 1. The number of amides is 1. The van der Waals surface area contributed by atoms with Crippen LogP contribution in [-0.4, -0.2) is 5.91 Å². The molecule has 1 fully saturated rings. The Morgan fingerprint density at radius 2 is 1.09 bits per heavy atom. The summed E-state index contributed by atoms with van der Waals surface area (Å²) in [6.07, 6.45) is 0. The van der Waals surface area contributed by atoms with E-state index in [0.29, 0.717) is 17.4 Å². The van der Waals surface area contributed by atoms with Gasteiger partial charge in [-0.3, -0.25) is 4.79 Å². The maximum absolute atomic E-state index is 14.1. The first kappa shape index (κ1) is 20.1. The van der Waals surface area contributed by atoms with E-state index in [9.17, 15) is 9.00 Å². The Bertz CT molecular complexity index is 1200. The molecule has 5 heteroatoms. The Morgan fingerprint density at radius 3 is 1.62 bits per heavy atom. The fourth-order valence-electron chi connectivity index (χ4n) is 4.56. The van der Waals surface area contributed by atoms with Gasteiger partial charge in [0.2, 0.25) is 5.54 Å². The van der Waals surface area contributed by atoms with Crippen LogP contribution in [0.4, 0.5) is 11.4 Å². The Labute approximate surface area is 191 Å². The Kier molecular flexibility index (Phi) is 5.04. The third-order valence-electron chi connectivity index (χ3n) is 5.96. The minimum Gasteiger partial charge on any atom is -0.361 e. The number of benzene rings is 4. The van der Waals surface area contributed by atoms with Crippen molar-refractivity contribution in [2.24, 2.45) is 0 Å². The molecule has 4 nitrogen and oxygen atoms in total. The molecule has 0 aliphatic carbocycles.